The minimum absolute atomic E-state index is 0.0663. The zero-order chi connectivity index (χ0) is 18.8. The van der Waals surface area contributed by atoms with Crippen molar-refractivity contribution in [3.63, 3.8) is 0 Å². The molecule has 0 amide bonds. The van der Waals surface area contributed by atoms with Crippen molar-refractivity contribution < 1.29 is 19.0 Å². The summed E-state index contributed by atoms with van der Waals surface area (Å²) >= 11 is 0. The second-order valence-electron chi connectivity index (χ2n) is 5.64. The number of ether oxygens (including phenoxy) is 3. The number of carbonyl (C=O) groups is 1. The first-order chi connectivity index (χ1) is 12.7. The highest BCUT2D eigenvalue weighted by molar-refractivity contribution is 6.07. The van der Waals surface area contributed by atoms with Crippen molar-refractivity contribution in [3.05, 3.63) is 59.7 Å². The van der Waals surface area contributed by atoms with E-state index >= 15 is 0 Å². The van der Waals surface area contributed by atoms with Gasteiger partial charge in [0.25, 0.3) is 0 Å². The van der Waals surface area contributed by atoms with E-state index in [0.717, 1.165) is 23.5 Å². The number of rotatable bonds is 10. The van der Waals surface area contributed by atoms with Crippen LogP contribution in [0.5, 0.6) is 17.2 Å². The van der Waals surface area contributed by atoms with E-state index in [9.17, 15) is 4.79 Å². The standard InChI is InChI=1S/C22H26O4/c1-4-15-26-19-11-7-17(8-12-19)21(23)14-10-18-9-13-20(24-5-2)16-22(18)25-6-3/h7-14,16H,4-6,15H2,1-3H3/b14-10+. The topological polar surface area (TPSA) is 44.8 Å². The molecule has 2 aromatic carbocycles. The van der Waals surface area contributed by atoms with Gasteiger partial charge in [0.1, 0.15) is 17.2 Å². The maximum absolute atomic E-state index is 12.4. The van der Waals surface area contributed by atoms with Crippen molar-refractivity contribution in [2.45, 2.75) is 27.2 Å². The Morgan fingerprint density at radius 3 is 2.23 bits per heavy atom. The monoisotopic (exact) mass is 354 g/mol. The summed E-state index contributed by atoms with van der Waals surface area (Å²) in [6.07, 6.45) is 4.28. The lowest BCUT2D eigenvalue weighted by Crippen LogP contribution is -1.98. The van der Waals surface area contributed by atoms with Crippen LogP contribution in [0.15, 0.2) is 48.5 Å². The van der Waals surface area contributed by atoms with Gasteiger partial charge in [0.2, 0.25) is 0 Å². The highest BCUT2D eigenvalue weighted by Gasteiger charge is 2.06. The summed E-state index contributed by atoms with van der Waals surface area (Å²) in [5.74, 6) is 2.16. The third-order valence-corrected chi connectivity index (χ3v) is 3.62. The van der Waals surface area contributed by atoms with Gasteiger partial charge in [-0.2, -0.15) is 0 Å². The molecule has 26 heavy (non-hydrogen) atoms. The van der Waals surface area contributed by atoms with Gasteiger partial charge in [-0.1, -0.05) is 6.92 Å². The molecule has 0 saturated carbocycles. The van der Waals surface area contributed by atoms with Gasteiger partial charge in [0.15, 0.2) is 5.78 Å². The molecule has 4 nitrogen and oxygen atoms in total. The molecule has 0 unspecified atom stereocenters. The number of hydrogen-bond donors (Lipinski definition) is 0. The van der Waals surface area contributed by atoms with Gasteiger partial charge in [-0.05, 0) is 68.8 Å². The van der Waals surface area contributed by atoms with Gasteiger partial charge >= 0.3 is 0 Å². The second-order valence-corrected chi connectivity index (χ2v) is 5.64. The molecular formula is C22H26O4. The fourth-order valence-electron chi connectivity index (χ4n) is 2.39. The van der Waals surface area contributed by atoms with Gasteiger partial charge < -0.3 is 14.2 Å². The van der Waals surface area contributed by atoms with Gasteiger partial charge in [0, 0.05) is 17.2 Å². The Balaban J connectivity index is 2.11. The molecule has 0 saturated heterocycles. The molecule has 0 N–H and O–H groups in total. The quantitative estimate of drug-likeness (QED) is 0.436. The van der Waals surface area contributed by atoms with Crippen molar-refractivity contribution in [2.24, 2.45) is 0 Å². The highest BCUT2D eigenvalue weighted by Crippen LogP contribution is 2.26. The minimum atomic E-state index is -0.0663. The van der Waals surface area contributed by atoms with Crippen molar-refractivity contribution in [1.29, 1.82) is 0 Å². The van der Waals surface area contributed by atoms with Crippen LogP contribution in [0.25, 0.3) is 6.08 Å². The zero-order valence-electron chi connectivity index (χ0n) is 15.7. The van der Waals surface area contributed by atoms with E-state index in [4.69, 9.17) is 14.2 Å². The largest absolute Gasteiger partial charge is 0.494 e. The Labute approximate surface area is 155 Å². The third-order valence-electron chi connectivity index (χ3n) is 3.62. The normalized spacial score (nSPS) is 10.7. The van der Waals surface area contributed by atoms with Gasteiger partial charge in [-0.3, -0.25) is 4.79 Å². The molecule has 138 valence electrons. The fourth-order valence-corrected chi connectivity index (χ4v) is 2.39. The molecule has 0 fully saturated rings. The van der Waals surface area contributed by atoms with Crippen LogP contribution in [-0.4, -0.2) is 25.6 Å². The molecular weight excluding hydrogens is 328 g/mol. The van der Waals surface area contributed by atoms with E-state index in [-0.39, 0.29) is 5.78 Å². The minimum Gasteiger partial charge on any atom is -0.494 e. The second kappa shape index (κ2) is 10.3. The average Bonchev–Trinajstić information content (AvgIpc) is 2.66. The van der Waals surface area contributed by atoms with Crippen LogP contribution >= 0.6 is 0 Å². The molecule has 0 aliphatic heterocycles. The Morgan fingerprint density at radius 2 is 1.58 bits per heavy atom. The lowest BCUT2D eigenvalue weighted by molar-refractivity contribution is 0.104. The van der Waals surface area contributed by atoms with E-state index in [0.29, 0.717) is 31.1 Å². The predicted octanol–water partition coefficient (Wildman–Crippen LogP) is 5.17. The number of ketones is 1. The van der Waals surface area contributed by atoms with Gasteiger partial charge in [0.05, 0.1) is 19.8 Å². The lowest BCUT2D eigenvalue weighted by Gasteiger charge is -2.10. The van der Waals surface area contributed by atoms with E-state index in [1.54, 1.807) is 24.3 Å². The van der Waals surface area contributed by atoms with Crippen LogP contribution < -0.4 is 14.2 Å². The summed E-state index contributed by atoms with van der Waals surface area (Å²) in [5, 5.41) is 0. The first-order valence-corrected chi connectivity index (χ1v) is 9.02. The zero-order valence-corrected chi connectivity index (χ0v) is 15.7. The molecule has 0 radical (unpaired) electrons. The number of hydrogen-bond acceptors (Lipinski definition) is 4. The van der Waals surface area contributed by atoms with E-state index in [1.165, 1.54) is 0 Å². The average molecular weight is 354 g/mol. The van der Waals surface area contributed by atoms with E-state index in [1.807, 2.05) is 44.2 Å². The predicted molar refractivity (Wildman–Crippen MR) is 104 cm³/mol. The summed E-state index contributed by atoms with van der Waals surface area (Å²) in [4.78, 5) is 12.4. The van der Waals surface area contributed by atoms with Crippen molar-refractivity contribution in [1.82, 2.24) is 0 Å². The summed E-state index contributed by atoms with van der Waals surface area (Å²) < 4.78 is 16.7. The molecule has 0 bridgehead atoms. The lowest BCUT2D eigenvalue weighted by atomic mass is 10.1. The molecule has 4 heteroatoms. The SMILES string of the molecule is CCCOc1ccc(C(=O)/C=C/c2ccc(OCC)cc2OCC)cc1. The third kappa shape index (κ3) is 5.66. The molecule has 0 heterocycles. The maximum atomic E-state index is 12.4. The summed E-state index contributed by atoms with van der Waals surface area (Å²) in [7, 11) is 0. The molecule has 2 rings (SSSR count). The van der Waals surface area contributed by atoms with Crippen LogP contribution in [0.4, 0.5) is 0 Å². The van der Waals surface area contributed by atoms with Crippen molar-refractivity contribution in [3.8, 4) is 17.2 Å². The smallest absolute Gasteiger partial charge is 0.185 e. The maximum Gasteiger partial charge on any atom is 0.185 e. The number of allylic oxidation sites excluding steroid dienone is 1. The molecule has 0 spiro atoms. The van der Waals surface area contributed by atoms with Crippen molar-refractivity contribution >= 4 is 11.9 Å². The summed E-state index contributed by atoms with van der Waals surface area (Å²) in [5.41, 5.74) is 1.46. The Morgan fingerprint density at radius 1 is 0.885 bits per heavy atom. The first-order valence-electron chi connectivity index (χ1n) is 9.02. The van der Waals surface area contributed by atoms with Crippen LogP contribution in [0.2, 0.25) is 0 Å². The molecule has 0 aliphatic carbocycles. The van der Waals surface area contributed by atoms with Crippen LogP contribution in [0.3, 0.4) is 0 Å². The Kier molecular flexibility index (Phi) is 7.75. The number of benzene rings is 2. The number of carbonyl (C=O) groups excluding carboxylic acids is 1. The Bertz CT molecular complexity index is 732. The van der Waals surface area contributed by atoms with Crippen LogP contribution in [-0.2, 0) is 0 Å². The van der Waals surface area contributed by atoms with Gasteiger partial charge in [-0.25, -0.2) is 0 Å². The van der Waals surface area contributed by atoms with Gasteiger partial charge in [-0.15, -0.1) is 0 Å². The fraction of sp³-hybridized carbons (Fsp3) is 0.318. The Hall–Kier alpha value is -2.75. The van der Waals surface area contributed by atoms with E-state index in [2.05, 4.69) is 6.92 Å². The molecule has 0 aromatic heterocycles. The highest BCUT2D eigenvalue weighted by atomic mass is 16.5. The molecule has 0 aliphatic rings. The summed E-state index contributed by atoms with van der Waals surface area (Å²) in [6, 6.07) is 12.8. The van der Waals surface area contributed by atoms with Crippen LogP contribution in [0, 0.1) is 0 Å². The molecule has 2 aromatic rings. The van der Waals surface area contributed by atoms with E-state index < -0.39 is 0 Å². The first kappa shape index (κ1) is 19.6. The molecule has 0 atom stereocenters. The van der Waals surface area contributed by atoms with Crippen molar-refractivity contribution in [2.75, 3.05) is 19.8 Å². The van der Waals surface area contributed by atoms with Crippen LogP contribution in [0.1, 0.15) is 43.1 Å². The summed E-state index contributed by atoms with van der Waals surface area (Å²) in [6.45, 7) is 7.73.